The summed E-state index contributed by atoms with van der Waals surface area (Å²) in [7, 11) is 5.19. The van der Waals surface area contributed by atoms with Crippen molar-refractivity contribution >= 4 is 5.78 Å². The Kier molecular flexibility index (Phi) is 4.84. The van der Waals surface area contributed by atoms with E-state index in [9.17, 15) is 4.79 Å². The molecule has 7 aliphatic rings. The Morgan fingerprint density at radius 2 is 1.92 bits per heavy atom. The molecule has 4 bridgehead atoms. The van der Waals surface area contributed by atoms with E-state index in [1.165, 1.54) is 30.5 Å². The molecule has 2 aromatic rings. The zero-order chi connectivity index (χ0) is 26.8. The summed E-state index contributed by atoms with van der Waals surface area (Å²) in [6.45, 7) is 4.44. The second-order valence-corrected chi connectivity index (χ2v) is 13.3. The topological polar surface area (TPSA) is 57.2 Å². The quantitative estimate of drug-likeness (QED) is 0.460. The Labute approximate surface area is 230 Å². The highest BCUT2D eigenvalue weighted by Gasteiger charge is 2.84. The van der Waals surface area contributed by atoms with Crippen molar-refractivity contribution in [2.75, 3.05) is 34.4 Å². The average Bonchev–Trinajstić information content (AvgIpc) is 3.71. The molecule has 9 rings (SSSR count). The Morgan fingerprint density at radius 1 is 1.08 bits per heavy atom. The first-order valence-electron chi connectivity index (χ1n) is 14.7. The van der Waals surface area contributed by atoms with Gasteiger partial charge in [0.05, 0.1) is 19.6 Å². The van der Waals surface area contributed by atoms with E-state index in [1.54, 1.807) is 21.3 Å². The van der Waals surface area contributed by atoms with Gasteiger partial charge in [-0.3, -0.25) is 9.69 Å². The first-order chi connectivity index (χ1) is 18.9. The Morgan fingerprint density at radius 3 is 2.67 bits per heavy atom. The molecule has 5 aliphatic carbocycles. The molecule has 39 heavy (non-hydrogen) atoms. The third-order valence-corrected chi connectivity index (χ3v) is 12.1. The van der Waals surface area contributed by atoms with Crippen LogP contribution in [0.4, 0.5) is 0 Å². The fourth-order valence-corrected chi connectivity index (χ4v) is 10.3. The molecule has 2 aromatic carbocycles. The predicted molar refractivity (Wildman–Crippen MR) is 147 cm³/mol. The number of ether oxygens (including phenoxy) is 4. The summed E-state index contributed by atoms with van der Waals surface area (Å²) in [4.78, 5) is 17.6. The molecule has 2 heterocycles. The van der Waals surface area contributed by atoms with Crippen LogP contribution in [0, 0.1) is 16.7 Å². The molecule has 0 amide bonds. The minimum absolute atomic E-state index is 0.0566. The maximum absolute atomic E-state index is 14.8. The average molecular weight is 530 g/mol. The third-order valence-electron chi connectivity index (χ3n) is 12.1. The first-order valence-corrected chi connectivity index (χ1v) is 14.7. The van der Waals surface area contributed by atoms with Crippen LogP contribution in [0.1, 0.15) is 66.9 Å². The monoisotopic (exact) mass is 529 g/mol. The van der Waals surface area contributed by atoms with Gasteiger partial charge in [-0.2, -0.15) is 0 Å². The van der Waals surface area contributed by atoms with E-state index >= 15 is 0 Å². The van der Waals surface area contributed by atoms with Crippen molar-refractivity contribution in [2.45, 2.75) is 75.0 Å². The summed E-state index contributed by atoms with van der Waals surface area (Å²) < 4.78 is 25.2. The van der Waals surface area contributed by atoms with Gasteiger partial charge in [-0.15, -0.1) is 0 Å². The minimum atomic E-state index is -0.742. The number of piperidine rings is 1. The van der Waals surface area contributed by atoms with Gasteiger partial charge in [-0.05, 0) is 88.1 Å². The van der Waals surface area contributed by atoms with Gasteiger partial charge >= 0.3 is 0 Å². The van der Waals surface area contributed by atoms with E-state index in [1.807, 2.05) is 24.3 Å². The van der Waals surface area contributed by atoms with E-state index in [0.717, 1.165) is 56.1 Å². The van der Waals surface area contributed by atoms with Gasteiger partial charge < -0.3 is 18.9 Å². The molecule has 0 aromatic heterocycles. The summed E-state index contributed by atoms with van der Waals surface area (Å²) in [6.07, 6.45) is 7.22. The Hall–Kier alpha value is -2.57. The lowest BCUT2D eigenvalue weighted by Crippen LogP contribution is -2.84. The molecule has 6 atom stereocenters. The van der Waals surface area contributed by atoms with Gasteiger partial charge in [0.1, 0.15) is 17.5 Å². The highest BCUT2D eigenvalue weighted by molar-refractivity contribution is 6.02. The smallest absolute Gasteiger partial charge is 0.171 e. The van der Waals surface area contributed by atoms with Crippen molar-refractivity contribution in [1.29, 1.82) is 0 Å². The molecule has 6 heteroatoms. The van der Waals surface area contributed by atoms with Gasteiger partial charge in [0.2, 0.25) is 0 Å². The van der Waals surface area contributed by atoms with Crippen molar-refractivity contribution < 1.29 is 23.7 Å². The molecule has 0 unspecified atom stereocenters. The maximum Gasteiger partial charge on any atom is 0.171 e. The highest BCUT2D eigenvalue weighted by Crippen LogP contribution is 2.79. The van der Waals surface area contributed by atoms with Crippen molar-refractivity contribution in [3.63, 3.8) is 0 Å². The largest absolute Gasteiger partial charge is 0.497 e. The van der Waals surface area contributed by atoms with Crippen molar-refractivity contribution in [3.05, 3.63) is 53.1 Å². The normalized spacial score (nSPS) is 39.2. The standard InChI is InChI=1S/C33H39NO5/c1-30(28(35)22-6-5-7-23(16-22)36-2)19-31-12-13-33(30,38-4)29-32(31)14-15-34(18-20-8-9-20)25(31)17-21-10-11-24(37-3)27(39-29)26(21)32/h5-7,10-11,16,20,25,29H,8-9,12-15,17-19H2,1-4H3/t25-,29-,30+,31-,32+,33+/m1/s1. The van der Waals surface area contributed by atoms with Crippen LogP contribution < -0.4 is 14.2 Å². The van der Waals surface area contributed by atoms with Crippen LogP contribution in [0.5, 0.6) is 17.2 Å². The van der Waals surface area contributed by atoms with Crippen LogP contribution in [0.2, 0.25) is 0 Å². The number of hydrogen-bond donors (Lipinski definition) is 0. The van der Waals surface area contributed by atoms with Gasteiger partial charge in [-0.1, -0.05) is 18.2 Å². The van der Waals surface area contributed by atoms with Gasteiger partial charge in [0, 0.05) is 41.7 Å². The number of likely N-dealkylation sites (tertiary alicyclic amines) is 1. The molecule has 5 fully saturated rings. The lowest BCUT2D eigenvalue weighted by molar-refractivity contribution is -0.292. The zero-order valence-electron chi connectivity index (χ0n) is 23.5. The molecule has 4 saturated carbocycles. The molecule has 206 valence electrons. The number of fused-ring (bicyclic) bond motifs is 2. The number of hydrogen-bond acceptors (Lipinski definition) is 6. The van der Waals surface area contributed by atoms with Gasteiger partial charge in [-0.25, -0.2) is 0 Å². The summed E-state index contributed by atoms with van der Waals surface area (Å²) in [5, 5.41) is 0. The number of methoxy groups -OCH3 is 3. The second kappa shape index (κ2) is 7.79. The van der Waals surface area contributed by atoms with Gasteiger partial charge in [0.15, 0.2) is 17.3 Å². The number of rotatable bonds is 7. The molecule has 2 spiro atoms. The van der Waals surface area contributed by atoms with Crippen LogP contribution in [-0.2, 0) is 16.6 Å². The third kappa shape index (κ3) is 2.69. The molecule has 1 saturated heterocycles. The number of nitrogens with zero attached hydrogens (tertiary/aromatic N) is 1. The van der Waals surface area contributed by atoms with Crippen molar-refractivity contribution in [2.24, 2.45) is 16.7 Å². The van der Waals surface area contributed by atoms with Crippen LogP contribution in [-0.4, -0.2) is 62.8 Å². The molecule has 0 radical (unpaired) electrons. The number of carbonyl (C=O) groups excluding carboxylic acids is 1. The van der Waals surface area contributed by atoms with E-state index in [4.69, 9.17) is 18.9 Å². The zero-order valence-corrected chi connectivity index (χ0v) is 23.5. The summed E-state index contributed by atoms with van der Waals surface area (Å²) in [6, 6.07) is 12.4. The second-order valence-electron chi connectivity index (χ2n) is 13.3. The number of benzene rings is 2. The number of ketones is 1. The lowest BCUT2D eigenvalue weighted by atomic mass is 9.31. The SMILES string of the molecule is COc1cccc(C(=O)[C@]2(C)C[C@@]34CC[C@]2(OC)[C@@H]2Oc5c(OC)ccc6c5[C@@]23CCN(CC2CC2)[C@@H]4C6)c1. The highest BCUT2D eigenvalue weighted by atomic mass is 16.6. The van der Waals surface area contributed by atoms with E-state index in [-0.39, 0.29) is 22.7 Å². The number of Topliss-reactive ketones (excluding diaryl/α,β-unsaturated/α-hetero) is 1. The molecule has 0 N–H and O–H groups in total. The van der Waals surface area contributed by atoms with E-state index in [2.05, 4.69) is 24.0 Å². The van der Waals surface area contributed by atoms with E-state index in [0.29, 0.717) is 17.4 Å². The fraction of sp³-hybridized carbons (Fsp3) is 0.606. The first kappa shape index (κ1) is 24.2. The van der Waals surface area contributed by atoms with E-state index < -0.39 is 11.0 Å². The lowest BCUT2D eigenvalue weighted by Gasteiger charge is -2.76. The number of carbonyl (C=O) groups is 1. The summed E-state index contributed by atoms with van der Waals surface area (Å²) in [5.41, 5.74) is 1.76. The fourth-order valence-electron chi connectivity index (χ4n) is 10.3. The van der Waals surface area contributed by atoms with Crippen LogP contribution in [0.25, 0.3) is 0 Å². The molecular weight excluding hydrogens is 490 g/mol. The van der Waals surface area contributed by atoms with Crippen LogP contribution in [0.15, 0.2) is 36.4 Å². The predicted octanol–water partition coefficient (Wildman–Crippen LogP) is 5.20. The minimum Gasteiger partial charge on any atom is -0.497 e. The molecule has 2 aliphatic heterocycles. The molecule has 6 nitrogen and oxygen atoms in total. The van der Waals surface area contributed by atoms with Gasteiger partial charge in [0.25, 0.3) is 0 Å². The summed E-state index contributed by atoms with van der Waals surface area (Å²) in [5.74, 6) is 3.38. The van der Waals surface area contributed by atoms with Crippen molar-refractivity contribution in [1.82, 2.24) is 4.90 Å². The molecular formula is C33H39NO5. The maximum atomic E-state index is 14.8. The van der Waals surface area contributed by atoms with Crippen LogP contribution in [0.3, 0.4) is 0 Å². The summed E-state index contributed by atoms with van der Waals surface area (Å²) >= 11 is 0. The van der Waals surface area contributed by atoms with Crippen molar-refractivity contribution in [3.8, 4) is 17.2 Å². The van der Waals surface area contributed by atoms with Crippen LogP contribution >= 0.6 is 0 Å². The Bertz CT molecular complexity index is 1390. The Balaban J connectivity index is 1.35.